The second-order valence-corrected chi connectivity index (χ2v) is 6.13. The van der Waals surface area contributed by atoms with E-state index in [9.17, 15) is 4.79 Å². The van der Waals surface area contributed by atoms with Gasteiger partial charge in [0, 0.05) is 30.9 Å². The molecule has 3 aromatic rings. The van der Waals surface area contributed by atoms with E-state index < -0.39 is 0 Å². The second kappa shape index (κ2) is 6.42. The zero-order valence-corrected chi connectivity index (χ0v) is 14.4. The lowest BCUT2D eigenvalue weighted by Gasteiger charge is -2.15. The fourth-order valence-corrected chi connectivity index (χ4v) is 2.84. The monoisotopic (exact) mass is 373 g/mol. The van der Waals surface area contributed by atoms with Crippen molar-refractivity contribution >= 4 is 21.8 Å². The Hall–Kier alpha value is -2.34. The summed E-state index contributed by atoms with van der Waals surface area (Å²) in [7, 11) is 1.75. The van der Waals surface area contributed by atoms with Crippen LogP contribution in [0, 0.1) is 6.92 Å². The number of benzene rings is 1. The summed E-state index contributed by atoms with van der Waals surface area (Å²) in [4.78, 5) is 14.1. The van der Waals surface area contributed by atoms with Crippen LogP contribution >= 0.6 is 15.9 Å². The van der Waals surface area contributed by atoms with Gasteiger partial charge in [0.05, 0.1) is 11.9 Å². The molecule has 2 heterocycles. The van der Waals surface area contributed by atoms with Crippen LogP contribution in [0.2, 0.25) is 0 Å². The van der Waals surface area contributed by atoms with Crippen LogP contribution in [0.4, 0.5) is 0 Å². The van der Waals surface area contributed by atoms with E-state index in [4.69, 9.17) is 4.42 Å². The van der Waals surface area contributed by atoms with Crippen molar-refractivity contribution in [1.82, 2.24) is 14.7 Å². The van der Waals surface area contributed by atoms with Crippen molar-refractivity contribution in [1.29, 1.82) is 0 Å². The highest BCUT2D eigenvalue weighted by atomic mass is 79.9. The van der Waals surface area contributed by atoms with Gasteiger partial charge in [0.2, 0.25) is 0 Å². The summed E-state index contributed by atoms with van der Waals surface area (Å²) in [6.07, 6.45) is 3.69. The fraction of sp³-hybridized carbons (Fsp3) is 0.176. The summed E-state index contributed by atoms with van der Waals surface area (Å²) in [5, 5.41) is 4.34. The highest BCUT2D eigenvalue weighted by molar-refractivity contribution is 9.10. The quantitative estimate of drug-likeness (QED) is 0.698. The second-order valence-electron chi connectivity index (χ2n) is 5.35. The van der Waals surface area contributed by atoms with Crippen molar-refractivity contribution in [2.24, 2.45) is 0 Å². The number of rotatable bonds is 4. The smallest absolute Gasteiger partial charge is 0.289 e. The van der Waals surface area contributed by atoms with Crippen LogP contribution in [-0.4, -0.2) is 27.6 Å². The van der Waals surface area contributed by atoms with Gasteiger partial charge in [-0.05, 0) is 41.1 Å². The molecule has 5 nitrogen and oxygen atoms in total. The van der Waals surface area contributed by atoms with Crippen LogP contribution in [0.25, 0.3) is 5.69 Å². The molecular weight excluding hydrogens is 358 g/mol. The molecule has 0 bridgehead atoms. The lowest BCUT2D eigenvalue weighted by Crippen LogP contribution is -2.26. The number of nitrogens with zero attached hydrogens (tertiary/aromatic N) is 3. The van der Waals surface area contributed by atoms with Gasteiger partial charge in [0.15, 0.2) is 10.4 Å². The van der Waals surface area contributed by atoms with Gasteiger partial charge in [-0.25, -0.2) is 4.68 Å². The van der Waals surface area contributed by atoms with Crippen molar-refractivity contribution in [2.75, 3.05) is 7.05 Å². The van der Waals surface area contributed by atoms with Crippen molar-refractivity contribution in [2.45, 2.75) is 13.5 Å². The molecule has 0 N–H and O–H groups in total. The third-order valence-electron chi connectivity index (χ3n) is 3.51. The zero-order chi connectivity index (χ0) is 16.4. The number of amides is 1. The fourth-order valence-electron chi connectivity index (χ4n) is 2.34. The minimum atomic E-state index is -0.152. The summed E-state index contributed by atoms with van der Waals surface area (Å²) in [6.45, 7) is 2.31. The summed E-state index contributed by atoms with van der Waals surface area (Å²) in [5.74, 6) is 0.204. The van der Waals surface area contributed by atoms with Gasteiger partial charge in [-0.1, -0.05) is 18.2 Å². The van der Waals surface area contributed by atoms with Gasteiger partial charge in [0.1, 0.15) is 0 Å². The minimum absolute atomic E-state index is 0.152. The first-order valence-electron chi connectivity index (χ1n) is 7.15. The predicted molar refractivity (Wildman–Crippen MR) is 90.5 cm³/mol. The summed E-state index contributed by atoms with van der Waals surface area (Å²) in [5.41, 5.74) is 2.75. The number of para-hydroxylation sites is 1. The zero-order valence-electron chi connectivity index (χ0n) is 12.9. The van der Waals surface area contributed by atoms with Crippen molar-refractivity contribution < 1.29 is 9.21 Å². The Labute approximate surface area is 142 Å². The molecule has 0 spiro atoms. The maximum atomic E-state index is 12.4. The average Bonchev–Trinajstić information content (AvgIpc) is 3.13. The molecule has 1 amide bonds. The van der Waals surface area contributed by atoms with Gasteiger partial charge in [-0.2, -0.15) is 5.10 Å². The lowest BCUT2D eigenvalue weighted by atomic mass is 10.2. The van der Waals surface area contributed by atoms with Gasteiger partial charge < -0.3 is 9.32 Å². The van der Waals surface area contributed by atoms with Crippen molar-refractivity contribution in [3.8, 4) is 5.69 Å². The molecule has 2 aromatic heterocycles. The maximum absolute atomic E-state index is 12.4. The Kier molecular flexibility index (Phi) is 4.34. The molecule has 1 aromatic carbocycles. The number of carbonyl (C=O) groups excluding carboxylic acids is 1. The molecule has 0 atom stereocenters. The molecule has 0 aliphatic heterocycles. The molecule has 0 aliphatic rings. The largest absolute Gasteiger partial charge is 0.444 e. The van der Waals surface area contributed by atoms with E-state index in [-0.39, 0.29) is 5.91 Å². The van der Waals surface area contributed by atoms with Crippen molar-refractivity contribution in [3.05, 3.63) is 70.3 Å². The normalized spacial score (nSPS) is 10.7. The molecule has 6 heteroatoms. The Morgan fingerprint density at radius 2 is 2.09 bits per heavy atom. The van der Waals surface area contributed by atoms with Gasteiger partial charge >= 0.3 is 0 Å². The third kappa shape index (κ3) is 3.37. The standard InChI is InChI=1S/C17H16BrN3O2/c1-12-8-15(18)23-16(12)17(22)20(2)10-13-9-19-21(11-13)14-6-4-3-5-7-14/h3-9,11H,10H2,1-2H3. The number of hydrogen-bond acceptors (Lipinski definition) is 3. The van der Waals surface area contributed by atoms with Gasteiger partial charge in [-0.3, -0.25) is 4.79 Å². The predicted octanol–water partition coefficient (Wildman–Crippen LogP) is 3.81. The van der Waals surface area contributed by atoms with Crippen molar-refractivity contribution in [3.63, 3.8) is 0 Å². The van der Waals surface area contributed by atoms with Crippen LogP contribution in [0.1, 0.15) is 21.7 Å². The summed E-state index contributed by atoms with van der Waals surface area (Å²) < 4.78 is 7.77. The van der Waals surface area contributed by atoms with E-state index in [1.807, 2.05) is 43.5 Å². The number of halogens is 1. The average molecular weight is 374 g/mol. The minimum Gasteiger partial charge on any atom is -0.444 e. The Morgan fingerprint density at radius 1 is 1.35 bits per heavy atom. The van der Waals surface area contributed by atoms with Gasteiger partial charge in [-0.15, -0.1) is 0 Å². The van der Waals surface area contributed by atoms with E-state index in [2.05, 4.69) is 21.0 Å². The van der Waals surface area contributed by atoms with Crippen LogP contribution in [0.5, 0.6) is 0 Å². The Morgan fingerprint density at radius 3 is 2.74 bits per heavy atom. The molecule has 118 valence electrons. The molecule has 0 fully saturated rings. The number of carbonyl (C=O) groups is 1. The van der Waals surface area contributed by atoms with Crippen LogP contribution in [0.15, 0.2) is 57.9 Å². The van der Waals surface area contributed by atoms with Crippen LogP contribution in [-0.2, 0) is 6.54 Å². The number of aromatic nitrogens is 2. The maximum Gasteiger partial charge on any atom is 0.289 e. The molecule has 0 aliphatic carbocycles. The number of aryl methyl sites for hydroxylation is 1. The molecule has 0 saturated heterocycles. The van der Waals surface area contributed by atoms with E-state index >= 15 is 0 Å². The molecule has 3 rings (SSSR count). The third-order valence-corrected chi connectivity index (χ3v) is 3.90. The molecule has 0 unspecified atom stereocenters. The number of hydrogen-bond donors (Lipinski definition) is 0. The van der Waals surface area contributed by atoms with Gasteiger partial charge in [0.25, 0.3) is 5.91 Å². The van der Waals surface area contributed by atoms with Crippen LogP contribution < -0.4 is 0 Å². The first kappa shape index (κ1) is 15.6. The topological polar surface area (TPSA) is 51.3 Å². The number of furan rings is 1. The first-order valence-corrected chi connectivity index (χ1v) is 7.94. The Balaban J connectivity index is 1.73. The first-order chi connectivity index (χ1) is 11.0. The van der Waals surface area contributed by atoms with E-state index in [0.717, 1.165) is 16.8 Å². The summed E-state index contributed by atoms with van der Waals surface area (Å²) >= 11 is 3.25. The molecular formula is C17H16BrN3O2. The Bertz CT molecular complexity index is 823. The molecule has 23 heavy (non-hydrogen) atoms. The lowest BCUT2D eigenvalue weighted by molar-refractivity contribution is 0.0751. The summed E-state index contributed by atoms with van der Waals surface area (Å²) in [6, 6.07) is 11.6. The van der Waals surface area contributed by atoms with Crippen LogP contribution in [0.3, 0.4) is 0 Å². The molecule has 0 radical (unpaired) electrons. The van der Waals surface area contributed by atoms with E-state index in [1.165, 1.54) is 0 Å². The molecule has 0 saturated carbocycles. The SMILES string of the molecule is Cc1cc(Br)oc1C(=O)N(C)Cc1cnn(-c2ccccc2)c1. The highest BCUT2D eigenvalue weighted by Crippen LogP contribution is 2.21. The van der Waals surface area contributed by atoms with E-state index in [1.54, 1.807) is 28.9 Å². The van der Waals surface area contributed by atoms with E-state index in [0.29, 0.717) is 17.0 Å². The highest BCUT2D eigenvalue weighted by Gasteiger charge is 2.19.